The van der Waals surface area contributed by atoms with Gasteiger partial charge in [0.05, 0.1) is 16.5 Å². The summed E-state index contributed by atoms with van der Waals surface area (Å²) in [5.74, 6) is 1.39. The van der Waals surface area contributed by atoms with Crippen molar-refractivity contribution in [1.29, 1.82) is 0 Å². The second kappa shape index (κ2) is 7.26. The molecule has 1 saturated carbocycles. The van der Waals surface area contributed by atoms with Crippen molar-refractivity contribution in [3.05, 3.63) is 36.8 Å². The normalized spacial score (nSPS) is 15.9. The summed E-state index contributed by atoms with van der Waals surface area (Å²) in [6, 6.07) is 7.03. The molecule has 0 unspecified atom stereocenters. The van der Waals surface area contributed by atoms with Crippen LogP contribution in [-0.2, 0) is 9.84 Å². The predicted octanol–water partition coefficient (Wildman–Crippen LogP) is 3.47. The highest BCUT2D eigenvalue weighted by molar-refractivity contribution is 7.90. The minimum Gasteiger partial charge on any atom is -0.325 e. The number of hydrogen-bond acceptors (Lipinski definition) is 6. The van der Waals surface area contributed by atoms with E-state index in [0.717, 1.165) is 23.4 Å². The van der Waals surface area contributed by atoms with Gasteiger partial charge in [0.25, 0.3) is 0 Å². The third kappa shape index (κ3) is 3.80. The number of aromatic amines is 1. The average Bonchev–Trinajstić information content (AvgIpc) is 3.15. The molecule has 2 aromatic heterocycles. The molecule has 1 aliphatic rings. The van der Waals surface area contributed by atoms with Crippen molar-refractivity contribution >= 4 is 32.4 Å². The molecule has 3 aromatic rings. The highest BCUT2D eigenvalue weighted by atomic mass is 32.2. The summed E-state index contributed by atoms with van der Waals surface area (Å²) in [4.78, 5) is 11.3. The molecule has 4 rings (SSSR count). The lowest BCUT2D eigenvalue weighted by molar-refractivity contribution is 0.364. The number of nitrogens with one attached hydrogen (secondary N) is 1. The van der Waals surface area contributed by atoms with E-state index in [1.165, 1.54) is 44.7 Å². The first-order chi connectivity index (χ1) is 13.0. The van der Waals surface area contributed by atoms with Crippen molar-refractivity contribution in [2.45, 2.75) is 37.0 Å². The van der Waals surface area contributed by atoms with Crippen molar-refractivity contribution in [2.24, 2.45) is 5.92 Å². The van der Waals surface area contributed by atoms with E-state index in [0.29, 0.717) is 16.5 Å². The van der Waals surface area contributed by atoms with Crippen molar-refractivity contribution in [3.8, 4) is 0 Å². The van der Waals surface area contributed by atoms with Crippen molar-refractivity contribution in [1.82, 2.24) is 20.2 Å². The Morgan fingerprint density at radius 2 is 1.85 bits per heavy atom. The third-order valence-corrected chi connectivity index (χ3v) is 6.35. The minimum absolute atomic E-state index is 0.319. The molecule has 8 heteroatoms. The first kappa shape index (κ1) is 17.9. The van der Waals surface area contributed by atoms with Gasteiger partial charge in [0.15, 0.2) is 15.5 Å². The van der Waals surface area contributed by atoms with Crippen LogP contribution in [0.25, 0.3) is 11.0 Å². The molecule has 1 aromatic carbocycles. The van der Waals surface area contributed by atoms with Gasteiger partial charge in [-0.1, -0.05) is 19.3 Å². The molecular weight excluding hydrogens is 362 g/mol. The van der Waals surface area contributed by atoms with Gasteiger partial charge in [0.1, 0.15) is 12.1 Å². The standard InChI is InChI=1S/C19H23N5O2S/c1-27(25,26)16-9-7-15(8-10-16)24(12-14-5-3-2-4-6-14)19-17-11-22-23-18(17)20-13-21-19/h7-11,13-14H,2-6,12H2,1H3,(H,20,21,22,23). The number of anilines is 2. The van der Waals surface area contributed by atoms with E-state index in [9.17, 15) is 8.42 Å². The van der Waals surface area contributed by atoms with Gasteiger partial charge in [-0.3, -0.25) is 5.10 Å². The number of H-pyrrole nitrogens is 1. The van der Waals surface area contributed by atoms with Gasteiger partial charge in [-0.05, 0) is 43.0 Å². The Labute approximate surface area is 158 Å². The molecule has 27 heavy (non-hydrogen) atoms. The number of aromatic nitrogens is 4. The zero-order valence-electron chi connectivity index (χ0n) is 15.3. The van der Waals surface area contributed by atoms with Crippen LogP contribution in [0.3, 0.4) is 0 Å². The summed E-state index contributed by atoms with van der Waals surface area (Å²) < 4.78 is 23.6. The predicted molar refractivity (Wildman–Crippen MR) is 105 cm³/mol. The molecule has 1 N–H and O–H groups in total. The summed E-state index contributed by atoms with van der Waals surface area (Å²) in [7, 11) is -3.22. The molecule has 0 radical (unpaired) electrons. The quantitative estimate of drug-likeness (QED) is 0.723. The lowest BCUT2D eigenvalue weighted by atomic mass is 9.89. The molecular formula is C19H23N5O2S. The third-order valence-electron chi connectivity index (χ3n) is 5.22. The zero-order valence-corrected chi connectivity index (χ0v) is 16.1. The summed E-state index contributed by atoms with van der Waals surface area (Å²) >= 11 is 0. The highest BCUT2D eigenvalue weighted by Crippen LogP contribution is 2.33. The SMILES string of the molecule is CS(=O)(=O)c1ccc(N(CC2CCCCC2)c2ncnc3[nH]ncc23)cc1. The molecule has 0 spiro atoms. The summed E-state index contributed by atoms with van der Waals surface area (Å²) in [6.45, 7) is 0.843. The highest BCUT2D eigenvalue weighted by Gasteiger charge is 2.22. The van der Waals surface area contributed by atoms with Crippen LogP contribution >= 0.6 is 0 Å². The van der Waals surface area contributed by atoms with Crippen LogP contribution in [0.15, 0.2) is 41.7 Å². The van der Waals surface area contributed by atoms with Gasteiger partial charge in [-0.15, -0.1) is 0 Å². The summed E-state index contributed by atoms with van der Waals surface area (Å²) in [5, 5.41) is 7.85. The lowest BCUT2D eigenvalue weighted by Crippen LogP contribution is -2.27. The molecule has 0 aliphatic heterocycles. The van der Waals surface area contributed by atoms with Crippen molar-refractivity contribution in [2.75, 3.05) is 17.7 Å². The van der Waals surface area contributed by atoms with Gasteiger partial charge in [-0.2, -0.15) is 5.10 Å². The van der Waals surface area contributed by atoms with E-state index < -0.39 is 9.84 Å². The number of fused-ring (bicyclic) bond motifs is 1. The van der Waals surface area contributed by atoms with Crippen LogP contribution < -0.4 is 4.90 Å². The van der Waals surface area contributed by atoms with E-state index in [4.69, 9.17) is 0 Å². The Hall–Kier alpha value is -2.48. The fourth-order valence-electron chi connectivity index (χ4n) is 3.78. The van der Waals surface area contributed by atoms with Gasteiger partial charge in [0, 0.05) is 18.5 Å². The Balaban J connectivity index is 1.74. The lowest BCUT2D eigenvalue weighted by Gasteiger charge is -2.31. The van der Waals surface area contributed by atoms with Crippen LogP contribution in [0.5, 0.6) is 0 Å². The monoisotopic (exact) mass is 385 g/mol. The second-order valence-electron chi connectivity index (χ2n) is 7.21. The maximum Gasteiger partial charge on any atom is 0.175 e. The van der Waals surface area contributed by atoms with E-state index in [2.05, 4.69) is 25.1 Å². The second-order valence-corrected chi connectivity index (χ2v) is 9.23. The Kier molecular flexibility index (Phi) is 4.82. The van der Waals surface area contributed by atoms with Crippen molar-refractivity contribution in [3.63, 3.8) is 0 Å². The Morgan fingerprint density at radius 3 is 2.56 bits per heavy atom. The molecule has 0 bridgehead atoms. The molecule has 7 nitrogen and oxygen atoms in total. The van der Waals surface area contributed by atoms with Gasteiger partial charge in [-0.25, -0.2) is 18.4 Å². The van der Waals surface area contributed by atoms with Crippen LogP contribution in [0.2, 0.25) is 0 Å². The first-order valence-electron chi connectivity index (χ1n) is 9.24. The number of nitrogens with zero attached hydrogens (tertiary/aromatic N) is 4. The fourth-order valence-corrected chi connectivity index (χ4v) is 4.41. The zero-order chi connectivity index (χ0) is 18.9. The summed E-state index contributed by atoms with van der Waals surface area (Å²) in [5.41, 5.74) is 1.62. The fraction of sp³-hybridized carbons (Fsp3) is 0.421. The number of rotatable bonds is 5. The molecule has 0 amide bonds. The number of benzene rings is 1. The number of sulfone groups is 1. The van der Waals surface area contributed by atoms with Gasteiger partial charge in [0.2, 0.25) is 0 Å². The van der Waals surface area contributed by atoms with Crippen LogP contribution in [-0.4, -0.2) is 41.4 Å². The van der Waals surface area contributed by atoms with E-state index in [1.54, 1.807) is 18.3 Å². The molecule has 2 heterocycles. The molecule has 0 saturated heterocycles. The smallest absolute Gasteiger partial charge is 0.175 e. The average molecular weight is 385 g/mol. The Morgan fingerprint density at radius 1 is 1.11 bits per heavy atom. The van der Waals surface area contributed by atoms with Crippen molar-refractivity contribution < 1.29 is 8.42 Å². The maximum absolute atomic E-state index is 11.8. The van der Waals surface area contributed by atoms with Crippen LogP contribution in [0.1, 0.15) is 32.1 Å². The van der Waals surface area contributed by atoms with Gasteiger partial charge < -0.3 is 4.90 Å². The topological polar surface area (TPSA) is 91.8 Å². The van der Waals surface area contributed by atoms with E-state index >= 15 is 0 Å². The Bertz CT molecular complexity index is 1020. The first-order valence-corrected chi connectivity index (χ1v) is 11.1. The number of hydrogen-bond donors (Lipinski definition) is 1. The van der Waals surface area contributed by atoms with E-state index in [1.807, 2.05) is 12.1 Å². The largest absolute Gasteiger partial charge is 0.325 e. The van der Waals surface area contributed by atoms with Crippen LogP contribution in [0, 0.1) is 5.92 Å². The minimum atomic E-state index is -3.22. The molecule has 1 fully saturated rings. The summed E-state index contributed by atoms with van der Waals surface area (Å²) in [6.07, 6.45) is 10.7. The van der Waals surface area contributed by atoms with Crippen LogP contribution in [0.4, 0.5) is 11.5 Å². The maximum atomic E-state index is 11.8. The molecule has 0 atom stereocenters. The molecule has 142 valence electrons. The van der Waals surface area contributed by atoms with E-state index in [-0.39, 0.29) is 0 Å². The van der Waals surface area contributed by atoms with Gasteiger partial charge >= 0.3 is 0 Å². The molecule has 1 aliphatic carbocycles.